The Bertz CT molecular complexity index is 6010. The van der Waals surface area contributed by atoms with E-state index in [4.69, 9.17) is 81.2 Å². The molecule has 4 atom stereocenters. The van der Waals surface area contributed by atoms with E-state index in [1.54, 1.807) is 136 Å². The van der Waals surface area contributed by atoms with Gasteiger partial charge in [0.2, 0.25) is 22.7 Å². The Labute approximate surface area is 873 Å². The van der Waals surface area contributed by atoms with Gasteiger partial charge in [-0.3, -0.25) is 34.3 Å². The number of aliphatic hydroxyl groups is 1. The molecule has 8 N–H and O–H groups in total. The summed E-state index contributed by atoms with van der Waals surface area (Å²) < 4.78 is 58.6. The molecule has 0 saturated carbocycles. The first-order chi connectivity index (χ1) is 70.2. The van der Waals surface area contributed by atoms with E-state index in [0.29, 0.717) is 125 Å². The van der Waals surface area contributed by atoms with Crippen molar-refractivity contribution in [3.05, 3.63) is 216 Å². The van der Waals surface area contributed by atoms with Crippen LogP contribution in [0.25, 0.3) is 53.2 Å². The Morgan fingerprint density at radius 3 is 1.14 bits per heavy atom. The number of carbonyl (C=O) groups is 4. The number of aliphatic hydroxyl groups excluding tert-OH is 1. The molecule has 1 radical (unpaired) electrons. The number of nitrogens with one attached hydrogen (secondary N) is 4. The first kappa shape index (κ1) is 117. The van der Waals surface area contributed by atoms with Crippen LogP contribution in [-0.2, 0) is 28.3 Å². The maximum Gasteiger partial charge on any atom is 0.495 e. The van der Waals surface area contributed by atoms with Gasteiger partial charge >= 0.3 is 56.2 Å². The van der Waals surface area contributed by atoms with Crippen LogP contribution in [0.3, 0.4) is 0 Å². The molecular weight excluding hydrogens is 1970 g/mol. The van der Waals surface area contributed by atoms with Crippen molar-refractivity contribution in [2.24, 2.45) is 4.30 Å². The number of nitrogens with zero attached hydrogens (tertiary/aromatic N) is 22. The monoisotopic (exact) mass is 2090 g/mol. The molecule has 46 heteroatoms. The third kappa shape index (κ3) is 40.4. The van der Waals surface area contributed by atoms with Gasteiger partial charge in [0.05, 0.1) is 137 Å². The first-order valence-corrected chi connectivity index (χ1v) is 47.8. The molecule has 5 aliphatic rings. The number of pyridine rings is 4. The van der Waals surface area contributed by atoms with Crippen molar-refractivity contribution in [2.45, 2.75) is 220 Å². The molecule has 0 aliphatic carbocycles. The summed E-state index contributed by atoms with van der Waals surface area (Å²) in [5.41, 5.74) is 3.72. The number of hydrogen-bond donors (Lipinski definition) is 9. The normalized spacial score (nSPS) is 16.0. The molecular formula is C101H125B2BrFN26O15S. The summed E-state index contributed by atoms with van der Waals surface area (Å²) in [7, 11) is 2.89. The molecule has 41 nitrogen and oxygen atoms in total. The number of aromatic hydroxyl groups is 3. The average Bonchev–Trinajstić information content (AvgIpc) is 1.62. The van der Waals surface area contributed by atoms with Crippen molar-refractivity contribution in [1.29, 1.82) is 5.26 Å². The average molecular weight is 2100 g/mol. The number of aromatic nitrogens is 12. The van der Waals surface area contributed by atoms with Crippen LogP contribution in [0.5, 0.6) is 28.9 Å². The van der Waals surface area contributed by atoms with Gasteiger partial charge in [-0.1, -0.05) is 18.2 Å². The van der Waals surface area contributed by atoms with Crippen molar-refractivity contribution in [2.75, 3.05) is 87.4 Å². The molecule has 147 heavy (non-hydrogen) atoms. The second-order valence-corrected chi connectivity index (χ2v) is 39.0. The van der Waals surface area contributed by atoms with E-state index in [1.807, 2.05) is 111 Å². The molecule has 5 saturated heterocycles. The predicted octanol–water partition coefficient (Wildman–Crippen LogP) is 19.6. The van der Waals surface area contributed by atoms with Gasteiger partial charge in [0, 0.05) is 131 Å². The molecule has 2 aromatic carbocycles. The Hall–Kier alpha value is -15.1. The number of halogens is 2. The molecule has 15 rings (SSSR count). The number of alkyl halides is 1. The van der Waals surface area contributed by atoms with E-state index in [-0.39, 0.29) is 89.5 Å². The number of benzene rings is 2. The van der Waals surface area contributed by atoms with Gasteiger partial charge in [-0.05, 0) is 226 Å². The summed E-state index contributed by atoms with van der Waals surface area (Å²) >= 11 is 6.44. The van der Waals surface area contributed by atoms with Crippen molar-refractivity contribution in [3.63, 3.8) is 0 Å². The fourth-order valence-corrected chi connectivity index (χ4v) is 14.4. The van der Waals surface area contributed by atoms with Gasteiger partial charge in [0.15, 0.2) is 5.82 Å². The summed E-state index contributed by atoms with van der Waals surface area (Å²) in [6.45, 7) is 63.4. The molecule has 13 heterocycles. The summed E-state index contributed by atoms with van der Waals surface area (Å²) in [4.78, 5) is 121. The maximum atomic E-state index is 12.6. The van der Waals surface area contributed by atoms with E-state index in [0.717, 1.165) is 74.5 Å². The molecule has 5 aliphatic heterocycles. The number of ether oxygens (including phenoxy) is 5. The Morgan fingerprint density at radius 2 is 0.830 bits per heavy atom. The second kappa shape index (κ2) is 57.5. The predicted molar refractivity (Wildman–Crippen MR) is 563 cm³/mol. The minimum atomic E-state index is -1.00. The first-order valence-electron chi connectivity index (χ1n) is 47.3. The molecule has 0 spiro atoms. The number of thiol groups is 1. The summed E-state index contributed by atoms with van der Waals surface area (Å²) in [6.07, 6.45) is 30.4. The third-order valence-electron chi connectivity index (χ3n) is 21.5. The topological polar surface area (TPSA) is 483 Å². The van der Waals surface area contributed by atoms with Gasteiger partial charge in [-0.2, -0.15) is 5.26 Å². The summed E-state index contributed by atoms with van der Waals surface area (Å²) in [5.74, 6) is 3.15. The summed E-state index contributed by atoms with van der Waals surface area (Å²) in [6, 6.07) is 20.8. The smallest absolute Gasteiger partial charge is 0.495 e. The Balaban J connectivity index is 0.000000243. The number of hydrogen-bond acceptors (Lipinski definition) is 34. The Morgan fingerprint density at radius 1 is 0.510 bits per heavy atom. The quantitative estimate of drug-likeness (QED) is 0.0127. The van der Waals surface area contributed by atoms with E-state index < -0.39 is 36.7 Å². The molecule has 4 amide bonds. The molecule has 775 valence electrons. The number of nitriles is 1. The number of anilines is 4. The van der Waals surface area contributed by atoms with Crippen LogP contribution in [0.2, 0.25) is 0 Å². The molecule has 10 aromatic rings. The number of phenolic OH excluding ortho intramolecular Hbond substituents is 3. The SMILES string of the molecule is CC(C)(C)OC(=O)N1CCC[C@H]1CNc1cnc(Br)cn1.N#CCO.Oc1cccc(O)c1.[2H]CF.[B]=NS.[C-]#[N+]c1cncc(-c2cnc(NC[C@@H]3CCCN3C(=O)OC(C)(C)C)c(Oc3cccc(O)c3)n2)c1.[C-]#[N+]c1cncc(-c2cnc(NC[C@@H]3CCCN3C(=O)OC(C)(C)C)cn2)c1.[C-]#[N+]c1cncc(-c2cnc(NC[C@@H]3CCCN3C(=O)OC(C)(C)C)cn2)c1.[C-]#[N+]c1cncc(B2OC(C)(C)C(C)(C)O2)c1. The summed E-state index contributed by atoms with van der Waals surface area (Å²) in [5, 5.41) is 55.0. The van der Waals surface area contributed by atoms with Gasteiger partial charge in [0.25, 0.3) is 5.88 Å². The van der Waals surface area contributed by atoms with E-state index >= 15 is 0 Å². The van der Waals surface area contributed by atoms with Crippen LogP contribution < -0.4 is 31.5 Å². The Kier molecular flexibility index (Phi) is 45.8. The number of rotatable bonds is 18. The largest absolute Gasteiger partial charge is 0.508 e. The van der Waals surface area contributed by atoms with E-state index in [9.17, 15) is 28.7 Å². The van der Waals surface area contributed by atoms with Crippen LogP contribution in [0.4, 0.5) is 69.6 Å². The van der Waals surface area contributed by atoms with E-state index in [1.165, 1.54) is 55.1 Å². The van der Waals surface area contributed by atoms with Crippen LogP contribution in [0.15, 0.2) is 175 Å². The van der Waals surface area contributed by atoms with Crippen LogP contribution in [0, 0.1) is 37.6 Å². The number of phenols is 3. The zero-order chi connectivity index (χ0) is 109. The van der Waals surface area contributed by atoms with Crippen molar-refractivity contribution in [1.82, 2.24) is 79.4 Å². The maximum absolute atomic E-state index is 12.6. The van der Waals surface area contributed by atoms with Gasteiger partial charge in [-0.15, -0.1) is 0 Å². The molecule has 0 unspecified atom stereocenters. The van der Waals surface area contributed by atoms with Crippen molar-refractivity contribution >= 4 is 119 Å². The zero-order valence-electron chi connectivity index (χ0n) is 86.1. The number of carbonyl (C=O) groups excluding carboxylic acids is 4. The fourth-order valence-electron chi connectivity index (χ4n) is 14.2. The van der Waals surface area contributed by atoms with Gasteiger partial charge in [0.1, 0.15) is 74.1 Å². The standard InChI is InChI=1S/C26H28N6O4.2C20H24N6O2.C14H21BrN4O2.C12H15BN2O2.C6H6O2.C2H3NO.CH3F.BHNS/c1-26(2,3)36-25(34)32-10-6-7-19(32)15-29-23-24(35-21-9-5-8-20(33)12-21)31-22(16-30-23)17-11-18(27-4)14-28-13-17;2*1-20(2,3)28-19(27)26-7-5-6-16(26)11-24-18-13-23-17(12-25-18)14-8-15(21-4)10-22-9-14;1-14(2,3)21-13(20)19-6-4-5-10(19)7-17-12-9-16-11(15)8-18-12;1-11(2)12(3,4)17-13(16-11)9-6-10(14-5)8-15-7-9;7-5-2-1-3-6(8)4-5;3-1-2-4;1-2;1-2-3/h5,8-9,11-14,16,19,33H,6-7,10,15H2,1-3H3,(H,29,30);2*8-10,12-13,16H,5-7,11H2,1-3H3,(H,24,25);8-10H,4-7H2,1-3H3,(H,17,18);6-8H,1-4H3;1-4,7-8H;4H,2H2;1H3;3H/t19-;2*16-;10-;;;;;/m0000...../s1/i;;;;;;;1D;. The fraction of sp³-hybridized carbons (Fsp3) is 0.436. The minimum Gasteiger partial charge on any atom is -0.508 e. The van der Waals surface area contributed by atoms with Crippen LogP contribution in [-0.4, -0.2) is 263 Å². The zero-order valence-corrected chi connectivity index (χ0v) is 87.6. The van der Waals surface area contributed by atoms with E-state index in [2.05, 4.69) is 141 Å². The molecule has 8 aromatic heterocycles. The number of amides is 4. The van der Waals surface area contributed by atoms with Crippen molar-refractivity contribution in [3.8, 4) is 68.7 Å². The van der Waals surface area contributed by atoms with Crippen LogP contribution in [0.1, 0.15) is 164 Å². The second-order valence-electron chi connectivity index (χ2n) is 38.0. The van der Waals surface area contributed by atoms with Gasteiger partial charge in [-0.25, -0.2) is 68.5 Å². The van der Waals surface area contributed by atoms with Gasteiger partial charge < -0.3 is 94.3 Å². The third-order valence-corrected chi connectivity index (χ3v) is 21.9. The molecule has 5 fully saturated rings. The van der Waals surface area contributed by atoms with Crippen molar-refractivity contribution < 1.29 is 78.4 Å². The molecule has 0 bridgehead atoms. The van der Waals surface area contributed by atoms with Crippen LogP contribution >= 0.6 is 28.7 Å². The number of likely N-dealkylation sites (tertiary alicyclic amines) is 4. The minimum absolute atomic E-state index is 0.0547.